The lowest BCUT2D eigenvalue weighted by Crippen LogP contribution is -2.32. The van der Waals surface area contributed by atoms with Gasteiger partial charge in [0.2, 0.25) is 5.91 Å². The molecule has 1 aromatic rings. The largest absolute Gasteiger partial charge is 0.548 e. The molecule has 0 aliphatic rings. The van der Waals surface area contributed by atoms with Crippen molar-refractivity contribution in [2.45, 2.75) is 6.54 Å². The third-order valence-electron chi connectivity index (χ3n) is 1.83. The lowest BCUT2D eigenvalue weighted by Gasteiger charge is -2.07. The molecule has 0 saturated heterocycles. The predicted octanol–water partition coefficient (Wildman–Crippen LogP) is -0.168. The maximum atomic E-state index is 11.2. The van der Waals surface area contributed by atoms with Crippen molar-refractivity contribution in [1.82, 2.24) is 5.32 Å². The summed E-state index contributed by atoms with van der Waals surface area (Å²) in [5.74, 6) is -1.71. The van der Waals surface area contributed by atoms with Gasteiger partial charge < -0.3 is 20.0 Å². The second-order valence-electron chi connectivity index (χ2n) is 3.27. The van der Waals surface area contributed by atoms with Crippen LogP contribution in [0.25, 0.3) is 0 Å². The molecule has 1 rings (SSSR count). The summed E-state index contributed by atoms with van der Waals surface area (Å²) < 4.78 is 5.51. The molecule has 0 heterocycles. The van der Waals surface area contributed by atoms with Gasteiger partial charge in [0.15, 0.2) is 0 Å². The number of benzene rings is 1. The fourth-order valence-electron chi connectivity index (χ4n) is 1.13. The number of carboxylic acids is 1. The topological polar surface area (TPSA) is 78.5 Å². The van der Waals surface area contributed by atoms with Crippen molar-refractivity contribution >= 4 is 27.8 Å². The van der Waals surface area contributed by atoms with E-state index in [1.165, 1.54) is 0 Å². The molecule has 0 atom stereocenters. The number of hydrogen-bond acceptors (Lipinski definition) is 4. The molecule has 0 bridgehead atoms. The van der Waals surface area contributed by atoms with Gasteiger partial charge in [0, 0.05) is 11.0 Å². The van der Waals surface area contributed by atoms with Gasteiger partial charge in [0.05, 0.1) is 12.6 Å². The zero-order valence-corrected chi connectivity index (χ0v) is 10.5. The maximum Gasteiger partial charge on any atom is 0.246 e. The molecule has 17 heavy (non-hydrogen) atoms. The molecule has 5 nitrogen and oxygen atoms in total. The SMILES string of the molecule is O=C([O-])COCC(=O)NCc1cccc(Br)c1. The molecule has 0 saturated carbocycles. The Morgan fingerprint density at radius 2 is 2.12 bits per heavy atom. The van der Waals surface area contributed by atoms with E-state index in [0.717, 1.165) is 10.0 Å². The highest BCUT2D eigenvalue weighted by Crippen LogP contribution is 2.11. The van der Waals surface area contributed by atoms with Crippen molar-refractivity contribution in [1.29, 1.82) is 0 Å². The first-order valence-electron chi connectivity index (χ1n) is 4.86. The van der Waals surface area contributed by atoms with E-state index in [4.69, 9.17) is 0 Å². The molecule has 6 heteroatoms. The highest BCUT2D eigenvalue weighted by molar-refractivity contribution is 9.10. The molecule has 1 amide bonds. The van der Waals surface area contributed by atoms with Crippen LogP contribution in [0.1, 0.15) is 5.56 Å². The smallest absolute Gasteiger partial charge is 0.246 e. The van der Waals surface area contributed by atoms with E-state index >= 15 is 0 Å². The van der Waals surface area contributed by atoms with E-state index in [-0.39, 0.29) is 12.5 Å². The summed E-state index contributed by atoms with van der Waals surface area (Å²) in [5, 5.41) is 12.6. The summed E-state index contributed by atoms with van der Waals surface area (Å²) in [5.41, 5.74) is 0.938. The average molecular weight is 301 g/mol. The van der Waals surface area contributed by atoms with E-state index in [9.17, 15) is 14.7 Å². The van der Waals surface area contributed by atoms with E-state index in [0.29, 0.717) is 6.54 Å². The van der Waals surface area contributed by atoms with Crippen molar-refractivity contribution in [3.8, 4) is 0 Å². The monoisotopic (exact) mass is 300 g/mol. The Labute approximate surface area is 107 Å². The fourth-order valence-corrected chi connectivity index (χ4v) is 1.57. The molecule has 0 radical (unpaired) electrons. The maximum absolute atomic E-state index is 11.2. The highest BCUT2D eigenvalue weighted by atomic mass is 79.9. The summed E-state index contributed by atoms with van der Waals surface area (Å²) in [6.45, 7) is -0.501. The van der Waals surface area contributed by atoms with E-state index < -0.39 is 12.6 Å². The minimum atomic E-state index is -1.34. The average Bonchev–Trinajstić information content (AvgIpc) is 2.26. The molecule has 0 aliphatic carbocycles. The Hall–Kier alpha value is -1.40. The van der Waals surface area contributed by atoms with Crippen molar-refractivity contribution in [2.75, 3.05) is 13.2 Å². The van der Waals surface area contributed by atoms with Crippen molar-refractivity contribution in [2.24, 2.45) is 0 Å². The second-order valence-corrected chi connectivity index (χ2v) is 4.19. The Morgan fingerprint density at radius 3 is 2.76 bits per heavy atom. The molecule has 0 aliphatic heterocycles. The van der Waals surface area contributed by atoms with Gasteiger partial charge in [-0.15, -0.1) is 0 Å². The number of aliphatic carboxylic acids is 1. The number of hydrogen-bond donors (Lipinski definition) is 1. The normalized spacial score (nSPS) is 9.94. The first-order valence-corrected chi connectivity index (χ1v) is 5.66. The van der Waals surface area contributed by atoms with Crippen LogP contribution in [-0.4, -0.2) is 25.1 Å². The molecular formula is C11H11BrNO4-. The lowest BCUT2D eigenvalue weighted by molar-refractivity contribution is -0.309. The standard InChI is InChI=1S/C11H12BrNO4/c12-9-3-1-2-8(4-9)5-13-10(14)6-17-7-11(15)16/h1-4H,5-7H2,(H,13,14)(H,15,16)/p-1. The zero-order chi connectivity index (χ0) is 12.7. The lowest BCUT2D eigenvalue weighted by atomic mass is 10.2. The molecule has 0 spiro atoms. The van der Waals surface area contributed by atoms with Crippen LogP contribution in [-0.2, 0) is 20.9 Å². The van der Waals surface area contributed by atoms with E-state index in [1.54, 1.807) is 0 Å². The number of carbonyl (C=O) groups excluding carboxylic acids is 2. The number of carbonyl (C=O) groups is 2. The van der Waals surface area contributed by atoms with Crippen molar-refractivity contribution in [3.63, 3.8) is 0 Å². The van der Waals surface area contributed by atoms with Crippen LogP contribution in [0.2, 0.25) is 0 Å². The number of amides is 1. The Kier molecular flexibility index (Phi) is 5.65. The third-order valence-corrected chi connectivity index (χ3v) is 2.33. The zero-order valence-electron chi connectivity index (χ0n) is 8.94. The van der Waals surface area contributed by atoms with Crippen LogP contribution in [0, 0.1) is 0 Å². The molecule has 92 valence electrons. The molecule has 0 unspecified atom stereocenters. The van der Waals surface area contributed by atoms with Gasteiger partial charge >= 0.3 is 0 Å². The first kappa shape index (κ1) is 13.7. The number of halogens is 1. The summed E-state index contributed by atoms with van der Waals surface area (Å²) in [6.07, 6.45) is 0. The van der Waals surface area contributed by atoms with Crippen molar-refractivity contribution in [3.05, 3.63) is 34.3 Å². The quantitative estimate of drug-likeness (QED) is 0.791. The summed E-state index contributed by atoms with van der Waals surface area (Å²) in [7, 11) is 0. The molecular weight excluding hydrogens is 290 g/mol. The highest BCUT2D eigenvalue weighted by Gasteiger charge is 2.01. The predicted molar refractivity (Wildman–Crippen MR) is 61.8 cm³/mol. The van der Waals surface area contributed by atoms with Gasteiger partial charge in [-0.3, -0.25) is 4.79 Å². The Bertz CT molecular complexity index is 408. The number of nitrogens with one attached hydrogen (secondary N) is 1. The number of ether oxygens (including phenoxy) is 1. The van der Waals surface area contributed by atoms with Gasteiger partial charge in [-0.05, 0) is 17.7 Å². The van der Waals surface area contributed by atoms with Gasteiger partial charge in [-0.25, -0.2) is 0 Å². The summed E-state index contributed by atoms with van der Waals surface area (Å²) in [6, 6.07) is 7.49. The van der Waals surface area contributed by atoms with Crippen LogP contribution in [0.15, 0.2) is 28.7 Å². The first-order chi connectivity index (χ1) is 8.08. The number of carboxylic acid groups (broad SMARTS) is 1. The van der Waals surface area contributed by atoms with Crippen LogP contribution < -0.4 is 10.4 Å². The minimum Gasteiger partial charge on any atom is -0.548 e. The molecule has 0 fully saturated rings. The molecule has 1 aromatic carbocycles. The minimum absolute atomic E-state index is 0.290. The Morgan fingerprint density at radius 1 is 1.35 bits per heavy atom. The molecule has 0 aromatic heterocycles. The van der Waals surface area contributed by atoms with Gasteiger partial charge in [0.25, 0.3) is 0 Å². The molecule has 1 N–H and O–H groups in total. The van der Waals surface area contributed by atoms with Gasteiger partial charge in [0.1, 0.15) is 6.61 Å². The van der Waals surface area contributed by atoms with Crippen LogP contribution in [0.5, 0.6) is 0 Å². The van der Waals surface area contributed by atoms with Crippen LogP contribution >= 0.6 is 15.9 Å². The van der Waals surface area contributed by atoms with Gasteiger partial charge in [-0.1, -0.05) is 28.1 Å². The van der Waals surface area contributed by atoms with Crippen LogP contribution in [0.3, 0.4) is 0 Å². The Balaban J connectivity index is 2.26. The van der Waals surface area contributed by atoms with Gasteiger partial charge in [-0.2, -0.15) is 0 Å². The second kappa shape index (κ2) is 7.03. The van der Waals surface area contributed by atoms with Crippen LogP contribution in [0.4, 0.5) is 0 Å². The van der Waals surface area contributed by atoms with Crippen molar-refractivity contribution < 1.29 is 19.4 Å². The number of rotatable bonds is 6. The van der Waals surface area contributed by atoms with E-state index in [1.807, 2.05) is 24.3 Å². The fraction of sp³-hybridized carbons (Fsp3) is 0.273. The summed E-state index contributed by atoms with van der Waals surface area (Å²) in [4.78, 5) is 21.2. The third kappa shape index (κ3) is 6.03. The summed E-state index contributed by atoms with van der Waals surface area (Å²) >= 11 is 3.32. The van der Waals surface area contributed by atoms with E-state index in [2.05, 4.69) is 26.0 Å².